The molecule has 0 atom stereocenters. The number of nitrogens with one attached hydrogen (secondary N) is 1. The van der Waals surface area contributed by atoms with Crippen LogP contribution < -0.4 is 15.6 Å². The molecular weight excluding hydrogens is 453 g/mol. The third-order valence-electron chi connectivity index (χ3n) is 6.33. The second-order valence-electron chi connectivity index (χ2n) is 9.44. The Balaban J connectivity index is 1.56. The maximum Gasteiger partial charge on any atom is 0.321 e. The van der Waals surface area contributed by atoms with Crippen molar-refractivity contribution in [1.29, 1.82) is 0 Å². The van der Waals surface area contributed by atoms with Gasteiger partial charge in [-0.25, -0.2) is 4.98 Å². The molecule has 2 aliphatic heterocycles. The smallest absolute Gasteiger partial charge is 0.321 e. The highest BCUT2D eigenvalue weighted by Gasteiger charge is 2.62. The van der Waals surface area contributed by atoms with Gasteiger partial charge < -0.3 is 14.8 Å². The number of aromatic nitrogens is 3. The molecule has 2 saturated heterocycles. The summed E-state index contributed by atoms with van der Waals surface area (Å²) in [6.07, 6.45) is 3.16. The molecule has 3 fully saturated rings. The lowest BCUT2D eigenvalue weighted by Gasteiger charge is -2.41. The number of pyridine rings is 2. The molecule has 1 aliphatic carbocycles. The van der Waals surface area contributed by atoms with Crippen molar-refractivity contribution in [3.8, 4) is 5.75 Å². The Labute approximate surface area is 192 Å². The number of amides is 1. The van der Waals surface area contributed by atoms with Crippen molar-refractivity contribution >= 4 is 17.2 Å². The first-order chi connectivity index (χ1) is 16.0. The maximum atomic E-state index is 15.5. The summed E-state index contributed by atoms with van der Waals surface area (Å²) < 4.78 is 54.5. The highest BCUT2D eigenvalue weighted by Crippen LogP contribution is 2.58. The van der Waals surface area contributed by atoms with Gasteiger partial charge in [0, 0.05) is 23.9 Å². The Morgan fingerprint density at radius 1 is 1.32 bits per heavy atom. The summed E-state index contributed by atoms with van der Waals surface area (Å²) in [7, 11) is 0. The molecule has 34 heavy (non-hydrogen) atoms. The largest absolute Gasteiger partial charge is 0.490 e. The monoisotopic (exact) mass is 476 g/mol. The van der Waals surface area contributed by atoms with Crippen molar-refractivity contribution in [2.24, 2.45) is 0 Å². The van der Waals surface area contributed by atoms with E-state index < -0.39 is 29.4 Å². The van der Waals surface area contributed by atoms with Crippen molar-refractivity contribution in [2.75, 3.05) is 11.9 Å². The molecule has 3 aromatic heterocycles. The summed E-state index contributed by atoms with van der Waals surface area (Å²) in [6.45, 7) is 2.80. The standard InChI is InChI=1S/C23H23F3N4O4/c1-12(2)34-15-7-16-28-17(23-9-22(3,10-23)33-11-23)18(24)30(16)8-13(15)19(31)27-14-5-4-6-29(20(14)32)21(25)26/h4-8,12,21H,9-11H2,1-3H3,(H,27,31). The van der Waals surface area contributed by atoms with Gasteiger partial charge >= 0.3 is 6.55 Å². The van der Waals surface area contributed by atoms with Crippen LogP contribution in [0.4, 0.5) is 18.9 Å². The van der Waals surface area contributed by atoms with E-state index in [9.17, 15) is 18.4 Å². The number of hydrogen-bond donors (Lipinski definition) is 1. The highest BCUT2D eigenvalue weighted by molar-refractivity contribution is 6.06. The molecule has 0 radical (unpaired) electrons. The van der Waals surface area contributed by atoms with Crippen LogP contribution in [0, 0.1) is 5.95 Å². The zero-order valence-electron chi connectivity index (χ0n) is 18.8. The van der Waals surface area contributed by atoms with Crippen LogP contribution in [0.15, 0.2) is 35.4 Å². The Bertz CT molecular complexity index is 1360. The van der Waals surface area contributed by atoms with Gasteiger partial charge in [-0.05, 0) is 45.7 Å². The minimum absolute atomic E-state index is 0.0745. The van der Waals surface area contributed by atoms with Crippen LogP contribution in [0.25, 0.3) is 5.65 Å². The van der Waals surface area contributed by atoms with Gasteiger partial charge in [0.1, 0.15) is 22.8 Å². The molecule has 3 aliphatic rings. The number of rotatable bonds is 6. The molecule has 3 aromatic rings. The van der Waals surface area contributed by atoms with E-state index in [0.717, 1.165) is 10.6 Å². The van der Waals surface area contributed by atoms with Crippen LogP contribution in [0.1, 0.15) is 56.2 Å². The molecular formula is C23H23F3N4O4. The topological polar surface area (TPSA) is 86.9 Å². The lowest BCUT2D eigenvalue weighted by atomic mass is 9.62. The fourth-order valence-corrected chi connectivity index (χ4v) is 4.98. The predicted octanol–water partition coefficient (Wildman–Crippen LogP) is 3.89. The molecule has 2 bridgehead atoms. The number of nitrogens with zero attached hydrogens (tertiary/aromatic N) is 3. The van der Waals surface area contributed by atoms with Crippen LogP contribution in [-0.2, 0) is 10.2 Å². The first-order valence-corrected chi connectivity index (χ1v) is 10.9. The zero-order valence-corrected chi connectivity index (χ0v) is 18.8. The molecule has 1 saturated carbocycles. The zero-order chi connectivity index (χ0) is 24.4. The van der Waals surface area contributed by atoms with Gasteiger partial charge in [0.2, 0.25) is 5.95 Å². The summed E-state index contributed by atoms with van der Waals surface area (Å²) in [5.74, 6) is -1.29. The number of halogens is 3. The SMILES string of the molecule is CC(C)Oc1cc2nc(C34COC(C)(C3)C4)c(F)n2cc1C(=O)Nc1cccn(C(F)F)c1=O. The van der Waals surface area contributed by atoms with E-state index in [-0.39, 0.29) is 44.6 Å². The van der Waals surface area contributed by atoms with E-state index in [1.54, 1.807) is 13.8 Å². The number of carbonyl (C=O) groups excluding carboxylic acids is 1. The lowest BCUT2D eigenvalue weighted by molar-refractivity contribution is 0.0150. The number of fused-ring (bicyclic) bond motifs is 2. The first kappa shape index (κ1) is 22.5. The lowest BCUT2D eigenvalue weighted by Crippen LogP contribution is -2.45. The number of carbonyl (C=O) groups is 1. The van der Waals surface area contributed by atoms with Crippen molar-refractivity contribution in [2.45, 2.75) is 57.3 Å². The quantitative estimate of drug-likeness (QED) is 0.583. The fraction of sp³-hybridized carbons (Fsp3) is 0.435. The molecule has 180 valence electrons. The van der Waals surface area contributed by atoms with E-state index in [1.165, 1.54) is 24.4 Å². The van der Waals surface area contributed by atoms with E-state index in [2.05, 4.69) is 10.3 Å². The van der Waals surface area contributed by atoms with Crippen LogP contribution in [0.5, 0.6) is 5.75 Å². The molecule has 5 heterocycles. The molecule has 6 rings (SSSR count). The van der Waals surface area contributed by atoms with Crippen LogP contribution in [0.2, 0.25) is 0 Å². The second kappa shape index (κ2) is 7.59. The van der Waals surface area contributed by atoms with Gasteiger partial charge in [0.25, 0.3) is 11.5 Å². The summed E-state index contributed by atoms with van der Waals surface area (Å²) >= 11 is 0. The second-order valence-corrected chi connectivity index (χ2v) is 9.44. The molecule has 1 N–H and O–H groups in total. The van der Waals surface area contributed by atoms with Gasteiger partial charge in [0.05, 0.1) is 23.9 Å². The van der Waals surface area contributed by atoms with Gasteiger partial charge in [0.15, 0.2) is 0 Å². The van der Waals surface area contributed by atoms with Gasteiger partial charge in [-0.1, -0.05) is 0 Å². The van der Waals surface area contributed by atoms with E-state index in [4.69, 9.17) is 9.47 Å². The predicted molar refractivity (Wildman–Crippen MR) is 116 cm³/mol. The molecule has 8 nitrogen and oxygen atoms in total. The number of ether oxygens (including phenoxy) is 2. The molecule has 0 aromatic carbocycles. The molecule has 0 unspecified atom stereocenters. The molecule has 0 spiro atoms. The summed E-state index contributed by atoms with van der Waals surface area (Å²) in [5.41, 5.74) is -1.72. The van der Waals surface area contributed by atoms with Crippen molar-refractivity contribution < 1.29 is 27.4 Å². The van der Waals surface area contributed by atoms with Gasteiger partial charge in [-0.3, -0.25) is 18.6 Å². The Morgan fingerprint density at radius 2 is 2.06 bits per heavy atom. The van der Waals surface area contributed by atoms with Crippen LogP contribution >= 0.6 is 0 Å². The van der Waals surface area contributed by atoms with Crippen molar-refractivity contribution in [1.82, 2.24) is 14.0 Å². The van der Waals surface area contributed by atoms with Crippen molar-refractivity contribution in [3.63, 3.8) is 0 Å². The minimum Gasteiger partial charge on any atom is -0.490 e. The Hall–Kier alpha value is -3.34. The summed E-state index contributed by atoms with van der Waals surface area (Å²) in [6, 6.07) is 3.88. The summed E-state index contributed by atoms with van der Waals surface area (Å²) in [5, 5.41) is 2.34. The normalized spacial score (nSPS) is 23.5. The van der Waals surface area contributed by atoms with E-state index in [0.29, 0.717) is 19.4 Å². The minimum atomic E-state index is -3.06. The average molecular weight is 476 g/mol. The number of alkyl halides is 2. The molecule has 11 heteroatoms. The van der Waals surface area contributed by atoms with Gasteiger partial charge in [-0.2, -0.15) is 13.2 Å². The van der Waals surface area contributed by atoms with Crippen molar-refractivity contribution in [3.05, 3.63) is 58.2 Å². The number of anilines is 1. The van der Waals surface area contributed by atoms with Gasteiger partial charge in [-0.15, -0.1) is 0 Å². The first-order valence-electron chi connectivity index (χ1n) is 10.9. The maximum absolute atomic E-state index is 15.5. The Morgan fingerprint density at radius 3 is 2.68 bits per heavy atom. The average Bonchev–Trinajstić information content (AvgIpc) is 3.37. The van der Waals surface area contributed by atoms with E-state index in [1.807, 2.05) is 6.92 Å². The Kier molecular flexibility index (Phi) is 5.01. The summed E-state index contributed by atoms with van der Waals surface area (Å²) in [4.78, 5) is 29.8. The third-order valence-corrected chi connectivity index (χ3v) is 6.33. The van der Waals surface area contributed by atoms with E-state index >= 15 is 4.39 Å². The number of imidazole rings is 1. The fourth-order valence-electron chi connectivity index (χ4n) is 4.98. The number of hydrogen-bond acceptors (Lipinski definition) is 5. The van der Waals surface area contributed by atoms with Crippen LogP contribution in [0.3, 0.4) is 0 Å². The highest BCUT2D eigenvalue weighted by atomic mass is 19.3. The van der Waals surface area contributed by atoms with Crippen LogP contribution in [-0.4, -0.2) is 38.2 Å². The molecule has 1 amide bonds. The third kappa shape index (κ3) is 3.46.